The van der Waals surface area contributed by atoms with Gasteiger partial charge in [0.25, 0.3) is 0 Å². The predicted molar refractivity (Wildman–Crippen MR) is 108 cm³/mol. The van der Waals surface area contributed by atoms with E-state index < -0.39 is 0 Å². The smallest absolute Gasteiger partial charge is 0.0188 e. The van der Waals surface area contributed by atoms with E-state index in [1.54, 1.807) is 23.5 Å². The minimum absolute atomic E-state index is 0. The van der Waals surface area contributed by atoms with Crippen LogP contribution in [0.1, 0.15) is 11.1 Å². The normalized spacial score (nSPS) is 13.0. The van der Waals surface area contributed by atoms with E-state index in [9.17, 15) is 0 Å². The van der Waals surface area contributed by atoms with Gasteiger partial charge in [0.1, 0.15) is 0 Å². The molecule has 2 heterocycles. The third kappa shape index (κ3) is 5.58. The first kappa shape index (κ1) is 20.1. The van der Waals surface area contributed by atoms with E-state index in [1.165, 1.54) is 20.9 Å². The Labute approximate surface area is 151 Å². The number of hydrogen-bond acceptors (Lipinski definition) is 2. The summed E-state index contributed by atoms with van der Waals surface area (Å²) in [6.07, 6.45) is 12.5. The predicted octanol–water partition coefficient (Wildman–Crippen LogP) is 4.99. The fourth-order valence-corrected chi connectivity index (χ4v) is 3.58. The molecule has 24 heavy (non-hydrogen) atoms. The van der Waals surface area contributed by atoms with Gasteiger partial charge in [-0.25, -0.2) is 0 Å². The van der Waals surface area contributed by atoms with Crippen LogP contribution in [0.3, 0.4) is 0 Å². The van der Waals surface area contributed by atoms with Crippen molar-refractivity contribution < 1.29 is 11.0 Å². The lowest BCUT2D eigenvalue weighted by Crippen LogP contribution is -1.73. The summed E-state index contributed by atoms with van der Waals surface area (Å²) in [5, 5.41) is 4.20. The van der Waals surface area contributed by atoms with Crippen molar-refractivity contribution in [2.24, 2.45) is 0 Å². The Hall–Kier alpha value is -1.98. The average molecular weight is 357 g/mol. The van der Waals surface area contributed by atoms with Gasteiger partial charge in [0, 0.05) is 9.79 Å². The molecule has 0 unspecified atom stereocenters. The molecule has 0 aromatic heterocycles. The van der Waals surface area contributed by atoms with Gasteiger partial charge in [-0.2, -0.15) is 0 Å². The number of thioether (sulfide) groups is 2. The molecular formula is C20H20O2S2. The fourth-order valence-electron chi connectivity index (χ4n) is 2.09. The maximum atomic E-state index is 2.14. The van der Waals surface area contributed by atoms with Crippen LogP contribution in [0.2, 0.25) is 0 Å². The van der Waals surface area contributed by atoms with Gasteiger partial charge in [-0.05, 0) is 34.1 Å². The van der Waals surface area contributed by atoms with E-state index in [4.69, 9.17) is 0 Å². The van der Waals surface area contributed by atoms with Crippen molar-refractivity contribution in [3.8, 4) is 0 Å². The molecule has 2 nitrogen and oxygen atoms in total. The van der Waals surface area contributed by atoms with Gasteiger partial charge in [-0.3, -0.25) is 0 Å². The molecule has 2 aliphatic rings. The first-order valence-electron chi connectivity index (χ1n) is 7.11. The lowest BCUT2D eigenvalue weighted by molar-refractivity contribution is 0.823. The van der Waals surface area contributed by atoms with E-state index in [1.807, 2.05) is 0 Å². The van der Waals surface area contributed by atoms with Gasteiger partial charge in [-0.1, -0.05) is 96.4 Å². The highest BCUT2D eigenvalue weighted by molar-refractivity contribution is 8.02. The van der Waals surface area contributed by atoms with Crippen molar-refractivity contribution >= 4 is 35.7 Å². The maximum absolute atomic E-state index is 2.14. The summed E-state index contributed by atoms with van der Waals surface area (Å²) in [4.78, 5) is 2.66. The summed E-state index contributed by atoms with van der Waals surface area (Å²) in [6, 6.07) is 16.8. The van der Waals surface area contributed by atoms with Crippen molar-refractivity contribution in [3.05, 3.63) is 94.8 Å². The van der Waals surface area contributed by atoms with E-state index in [-0.39, 0.29) is 11.0 Å². The van der Waals surface area contributed by atoms with Crippen molar-refractivity contribution in [1.29, 1.82) is 0 Å². The van der Waals surface area contributed by atoms with Crippen molar-refractivity contribution in [3.63, 3.8) is 0 Å². The largest absolute Gasteiger partial charge is 0.412 e. The number of allylic oxidation sites excluding steroid dienone is 4. The molecule has 124 valence electrons. The second-order valence-corrected chi connectivity index (χ2v) is 6.58. The number of rotatable bonds is 0. The first-order chi connectivity index (χ1) is 10.9. The van der Waals surface area contributed by atoms with Crippen LogP contribution in [0.15, 0.2) is 93.4 Å². The summed E-state index contributed by atoms with van der Waals surface area (Å²) < 4.78 is 0. The Balaban J connectivity index is 0.000000222. The Bertz CT molecular complexity index is 696. The van der Waals surface area contributed by atoms with Crippen LogP contribution in [0.5, 0.6) is 0 Å². The first-order valence-corrected chi connectivity index (χ1v) is 8.87. The monoisotopic (exact) mass is 356 g/mol. The molecule has 0 saturated heterocycles. The molecule has 0 saturated carbocycles. The molecule has 0 amide bonds. The Morgan fingerprint density at radius 2 is 0.917 bits per heavy atom. The number of hydrogen-bond donors (Lipinski definition) is 0. The van der Waals surface area contributed by atoms with Crippen LogP contribution in [-0.4, -0.2) is 11.0 Å². The summed E-state index contributed by atoms with van der Waals surface area (Å²) in [5.74, 6) is 0. The zero-order chi connectivity index (χ0) is 15.0. The van der Waals surface area contributed by atoms with Gasteiger partial charge >= 0.3 is 0 Å². The Morgan fingerprint density at radius 3 is 1.38 bits per heavy atom. The number of benzene rings is 2. The molecule has 2 aliphatic heterocycles. The van der Waals surface area contributed by atoms with Crippen LogP contribution in [0.4, 0.5) is 0 Å². The van der Waals surface area contributed by atoms with Gasteiger partial charge in [0.15, 0.2) is 0 Å². The maximum Gasteiger partial charge on any atom is 0.0188 e. The molecule has 0 atom stereocenters. The molecule has 0 spiro atoms. The highest BCUT2D eigenvalue weighted by Crippen LogP contribution is 2.27. The van der Waals surface area contributed by atoms with Gasteiger partial charge in [-0.15, -0.1) is 0 Å². The molecule has 0 fully saturated rings. The summed E-state index contributed by atoms with van der Waals surface area (Å²) in [6.45, 7) is 0. The van der Waals surface area contributed by atoms with Crippen molar-refractivity contribution in [1.82, 2.24) is 0 Å². The van der Waals surface area contributed by atoms with E-state index in [0.29, 0.717) is 0 Å². The molecule has 2 aromatic rings. The van der Waals surface area contributed by atoms with Gasteiger partial charge < -0.3 is 11.0 Å². The van der Waals surface area contributed by atoms with Crippen LogP contribution in [-0.2, 0) is 0 Å². The highest BCUT2D eigenvalue weighted by Gasteiger charge is 1.98. The second-order valence-electron chi connectivity index (χ2n) is 4.69. The van der Waals surface area contributed by atoms with E-state index >= 15 is 0 Å². The number of fused-ring (bicyclic) bond motifs is 2. The van der Waals surface area contributed by atoms with E-state index in [0.717, 1.165) is 0 Å². The molecule has 4 heteroatoms. The third-order valence-corrected chi connectivity index (χ3v) is 5.00. The molecule has 4 N–H and O–H groups in total. The summed E-state index contributed by atoms with van der Waals surface area (Å²) in [7, 11) is 0. The SMILES string of the molecule is C1=CSc2ccccc2C=C1.C1=CSc2ccccc2C=C1.O.O. The zero-order valence-corrected chi connectivity index (χ0v) is 14.7. The van der Waals surface area contributed by atoms with Crippen molar-refractivity contribution in [2.75, 3.05) is 0 Å². The average Bonchev–Trinajstić information content (AvgIpc) is 2.95. The third-order valence-electron chi connectivity index (χ3n) is 3.16. The molecule has 2 aromatic carbocycles. The van der Waals surface area contributed by atoms with Crippen LogP contribution < -0.4 is 0 Å². The minimum atomic E-state index is 0. The fraction of sp³-hybridized carbons (Fsp3) is 0. The van der Waals surface area contributed by atoms with Gasteiger partial charge in [0.2, 0.25) is 0 Å². The van der Waals surface area contributed by atoms with Gasteiger partial charge in [0.05, 0.1) is 0 Å². The van der Waals surface area contributed by atoms with Crippen LogP contribution in [0.25, 0.3) is 12.2 Å². The molecule has 0 bridgehead atoms. The van der Waals surface area contributed by atoms with Crippen molar-refractivity contribution in [2.45, 2.75) is 9.79 Å². The van der Waals surface area contributed by atoms with E-state index in [2.05, 4.69) is 95.8 Å². The topological polar surface area (TPSA) is 63.0 Å². The second kappa shape index (κ2) is 10.7. The zero-order valence-electron chi connectivity index (χ0n) is 13.1. The molecule has 0 radical (unpaired) electrons. The summed E-state index contributed by atoms with van der Waals surface area (Å²) in [5.41, 5.74) is 2.62. The highest BCUT2D eigenvalue weighted by atomic mass is 32.2. The lowest BCUT2D eigenvalue weighted by atomic mass is 10.2. The summed E-state index contributed by atoms with van der Waals surface area (Å²) >= 11 is 3.53. The Kier molecular flexibility index (Phi) is 8.97. The molecule has 4 rings (SSSR count). The molecular weight excluding hydrogens is 336 g/mol. The Morgan fingerprint density at radius 1 is 0.500 bits per heavy atom. The molecule has 0 aliphatic carbocycles. The quantitative estimate of drug-likeness (QED) is 0.667. The minimum Gasteiger partial charge on any atom is -0.412 e. The lowest BCUT2D eigenvalue weighted by Gasteiger charge is -1.98. The van der Waals surface area contributed by atoms with Crippen LogP contribution in [0, 0.1) is 0 Å². The standard InChI is InChI=1S/2C10H8S.2H2O/c2*1-2-7-10-9(5-1)6-3-4-8-11-10;;/h2*1-8H;2*1H2. The van der Waals surface area contributed by atoms with Crippen LogP contribution >= 0.6 is 23.5 Å².